The highest BCUT2D eigenvalue weighted by Crippen LogP contribution is 2.49. The van der Waals surface area contributed by atoms with Crippen molar-refractivity contribution in [3.63, 3.8) is 0 Å². The van der Waals surface area contributed by atoms with Gasteiger partial charge in [0.1, 0.15) is 0 Å². The van der Waals surface area contributed by atoms with Crippen LogP contribution in [0.1, 0.15) is 0 Å². The fourth-order valence-electron chi connectivity index (χ4n) is 11.9. The van der Waals surface area contributed by atoms with Crippen molar-refractivity contribution >= 4 is 112 Å². The van der Waals surface area contributed by atoms with E-state index in [1.165, 1.54) is 61.9 Å². The van der Waals surface area contributed by atoms with E-state index in [9.17, 15) is 0 Å². The van der Waals surface area contributed by atoms with Gasteiger partial charge in [-0.05, 0) is 83.9 Å². The largest absolute Gasteiger partial charge is 0.309 e. The number of nitrogens with zero attached hydrogens (tertiary/aromatic N) is 6. The third-order valence-electron chi connectivity index (χ3n) is 15.4. The summed E-state index contributed by atoms with van der Waals surface area (Å²) < 4.78 is 10.0. The van der Waals surface area contributed by atoms with Gasteiger partial charge in [-0.3, -0.25) is 0 Å². The average Bonchev–Trinajstić information content (AvgIpc) is 4.46. The maximum Gasteiger partial charge on any atom is 0.187 e. The van der Waals surface area contributed by atoms with Gasteiger partial charge in [0.15, 0.2) is 23.2 Å². The molecule has 5 heterocycles. The van der Waals surface area contributed by atoms with Crippen molar-refractivity contribution in [3.05, 3.63) is 254 Å². The van der Waals surface area contributed by atoms with Crippen molar-refractivity contribution in [2.24, 2.45) is 0 Å². The van der Waals surface area contributed by atoms with Crippen LogP contribution >= 0.6 is 22.7 Å². The third kappa shape index (κ3) is 6.82. The Morgan fingerprint density at radius 1 is 0.321 bits per heavy atom. The molecule has 0 radical (unpaired) electrons. The summed E-state index contributed by atoms with van der Waals surface area (Å²) in [5.74, 6) is 1.76. The quantitative estimate of drug-likeness (QED) is 0.150. The third-order valence-corrected chi connectivity index (χ3v) is 17.8. The lowest BCUT2D eigenvalue weighted by atomic mass is 9.94. The lowest BCUT2D eigenvalue weighted by Gasteiger charge is -2.21. The summed E-state index contributed by atoms with van der Waals surface area (Å²) in [5, 5.41) is 9.92. The van der Waals surface area contributed by atoms with Gasteiger partial charge in [0.2, 0.25) is 0 Å². The number of hydrogen-bond donors (Lipinski definition) is 0. The van der Waals surface area contributed by atoms with Crippen molar-refractivity contribution in [1.29, 1.82) is 0 Å². The standard InChI is InChI=1S/C70H40N6S2/c1-71-47-22-16-21-44(39-47)45-31-35-58(75-56-27-12-8-25-52(56)64-60(75)37-33-50-48-23-10-14-29-62(48)77-66(50)64)54(40-45)55-41-46(70-73-68(42-17-4-2-5-18-42)72-69(74-70)43-19-6-3-7-20-43)32-36-59(55)76-57-28-13-9-26-53(57)65-61(76)38-34-51-49-24-11-15-30-63(49)78-67(51)65/h2-41H. The first-order chi connectivity index (χ1) is 38.6. The van der Waals surface area contributed by atoms with Crippen molar-refractivity contribution in [3.8, 4) is 67.8 Å². The molecule has 11 aromatic carbocycles. The van der Waals surface area contributed by atoms with E-state index in [2.05, 4.69) is 202 Å². The Morgan fingerprint density at radius 3 is 1.27 bits per heavy atom. The average molecular weight is 1030 g/mol. The number of benzene rings is 11. The zero-order chi connectivity index (χ0) is 51.4. The topological polar surface area (TPSA) is 52.9 Å². The number of aromatic nitrogens is 5. The molecule has 16 aromatic rings. The van der Waals surface area contributed by atoms with Crippen LogP contribution < -0.4 is 0 Å². The van der Waals surface area contributed by atoms with Crippen molar-refractivity contribution < 1.29 is 0 Å². The van der Waals surface area contributed by atoms with Gasteiger partial charge in [-0.15, -0.1) is 22.7 Å². The number of fused-ring (bicyclic) bond motifs is 14. The molecule has 0 saturated carbocycles. The molecule has 0 fully saturated rings. The summed E-state index contributed by atoms with van der Waals surface area (Å²) in [5.41, 5.74) is 13.7. The summed E-state index contributed by atoms with van der Waals surface area (Å²) in [6, 6.07) is 86.3. The van der Waals surface area contributed by atoms with E-state index in [4.69, 9.17) is 21.5 Å². The number of rotatable bonds is 7. The Kier molecular flexibility index (Phi) is 9.94. The van der Waals surface area contributed by atoms with Crippen LogP contribution in [0.25, 0.3) is 157 Å². The molecule has 0 saturated heterocycles. The van der Waals surface area contributed by atoms with Crippen LogP contribution in [0, 0.1) is 6.57 Å². The molecule has 0 aliphatic heterocycles. The Bertz CT molecular complexity index is 5120. The van der Waals surface area contributed by atoms with E-state index >= 15 is 0 Å². The highest BCUT2D eigenvalue weighted by molar-refractivity contribution is 7.27. The lowest BCUT2D eigenvalue weighted by molar-refractivity contribution is 1.07. The van der Waals surface area contributed by atoms with Crippen LogP contribution in [0.2, 0.25) is 0 Å². The molecule has 5 aromatic heterocycles. The van der Waals surface area contributed by atoms with Crippen LogP contribution in [0.4, 0.5) is 5.69 Å². The number of para-hydroxylation sites is 2. The zero-order valence-electron chi connectivity index (χ0n) is 41.6. The van der Waals surface area contributed by atoms with Gasteiger partial charge in [-0.1, -0.05) is 170 Å². The molecule has 0 aliphatic carbocycles. The summed E-state index contributed by atoms with van der Waals surface area (Å²) in [6.07, 6.45) is 0. The first-order valence-electron chi connectivity index (χ1n) is 25.9. The normalized spacial score (nSPS) is 11.8. The van der Waals surface area contributed by atoms with Crippen LogP contribution in [0.5, 0.6) is 0 Å². The molecule has 6 nitrogen and oxygen atoms in total. The Balaban J connectivity index is 1.04. The molecule has 0 unspecified atom stereocenters. The second-order valence-corrected chi connectivity index (χ2v) is 21.8. The van der Waals surface area contributed by atoms with Crippen molar-refractivity contribution in [2.45, 2.75) is 0 Å². The predicted octanol–water partition coefficient (Wildman–Crippen LogP) is 19.7. The van der Waals surface area contributed by atoms with Crippen molar-refractivity contribution in [1.82, 2.24) is 24.1 Å². The minimum Gasteiger partial charge on any atom is -0.309 e. The molecule has 16 rings (SSSR count). The molecule has 0 amide bonds. The fraction of sp³-hybridized carbons (Fsp3) is 0. The van der Waals surface area contributed by atoms with Gasteiger partial charge < -0.3 is 9.13 Å². The van der Waals surface area contributed by atoms with Gasteiger partial charge in [0.25, 0.3) is 0 Å². The Labute approximate surface area is 455 Å². The summed E-state index contributed by atoms with van der Waals surface area (Å²) >= 11 is 3.72. The highest BCUT2D eigenvalue weighted by atomic mass is 32.1. The smallest absolute Gasteiger partial charge is 0.187 e. The molecular formula is C70H40N6S2. The molecule has 8 heteroatoms. The highest BCUT2D eigenvalue weighted by Gasteiger charge is 2.25. The van der Waals surface area contributed by atoms with Gasteiger partial charge in [0, 0.05) is 89.7 Å². The molecule has 0 N–H and O–H groups in total. The molecule has 0 aliphatic rings. The van der Waals surface area contributed by atoms with Gasteiger partial charge in [-0.2, -0.15) is 0 Å². The Hall–Kier alpha value is -10.0. The van der Waals surface area contributed by atoms with E-state index in [-0.39, 0.29) is 0 Å². The van der Waals surface area contributed by atoms with E-state index in [1.807, 2.05) is 77.3 Å². The summed E-state index contributed by atoms with van der Waals surface area (Å²) in [4.78, 5) is 19.6. The second kappa shape index (κ2) is 17.5. The summed E-state index contributed by atoms with van der Waals surface area (Å²) in [7, 11) is 0. The minimum absolute atomic E-state index is 0.566. The lowest BCUT2D eigenvalue weighted by Crippen LogP contribution is -2.04. The van der Waals surface area contributed by atoms with Crippen LogP contribution in [0.3, 0.4) is 0 Å². The zero-order valence-corrected chi connectivity index (χ0v) is 43.2. The number of hydrogen-bond acceptors (Lipinski definition) is 5. The van der Waals surface area contributed by atoms with Gasteiger partial charge in [0.05, 0.1) is 40.0 Å². The molecule has 0 bridgehead atoms. The summed E-state index contributed by atoms with van der Waals surface area (Å²) in [6.45, 7) is 8.03. The predicted molar refractivity (Wildman–Crippen MR) is 328 cm³/mol. The maximum atomic E-state index is 8.03. The van der Waals surface area contributed by atoms with Crippen LogP contribution in [-0.2, 0) is 0 Å². The minimum atomic E-state index is 0.566. The van der Waals surface area contributed by atoms with E-state index in [1.54, 1.807) is 0 Å². The fourth-order valence-corrected chi connectivity index (χ4v) is 14.4. The molecule has 0 spiro atoms. The first-order valence-corrected chi connectivity index (χ1v) is 27.6. The SMILES string of the molecule is [C-]#[N+]c1cccc(-c2ccc(-n3c4ccccc4c4c5sc6ccccc6c5ccc43)c(-c3cc(-c4nc(-c5ccccc5)nc(-c5ccccc5)n4)ccc3-n3c4ccccc4c4c5sc6ccccc6c5ccc43)c2)c1. The van der Waals surface area contributed by atoms with Crippen LogP contribution in [-0.4, -0.2) is 24.1 Å². The van der Waals surface area contributed by atoms with E-state index < -0.39 is 0 Å². The van der Waals surface area contributed by atoms with E-state index in [0.29, 0.717) is 23.2 Å². The van der Waals surface area contributed by atoms with E-state index in [0.717, 1.165) is 72.4 Å². The van der Waals surface area contributed by atoms with Gasteiger partial charge >= 0.3 is 0 Å². The monoisotopic (exact) mass is 1030 g/mol. The molecule has 362 valence electrons. The molecule has 78 heavy (non-hydrogen) atoms. The molecule has 0 atom stereocenters. The van der Waals surface area contributed by atoms with Crippen LogP contribution in [0.15, 0.2) is 243 Å². The van der Waals surface area contributed by atoms with Gasteiger partial charge in [-0.25, -0.2) is 19.8 Å². The second-order valence-electron chi connectivity index (χ2n) is 19.7. The number of thiophene rings is 2. The maximum absolute atomic E-state index is 8.03. The van der Waals surface area contributed by atoms with Crippen molar-refractivity contribution in [2.75, 3.05) is 0 Å². The Morgan fingerprint density at radius 2 is 0.744 bits per heavy atom. The first kappa shape index (κ1) is 44.3. The molecular weight excluding hydrogens is 989 g/mol.